The molecule has 1 fully saturated rings. The highest BCUT2D eigenvalue weighted by Crippen LogP contribution is 2.24. The second-order valence-corrected chi connectivity index (χ2v) is 4.01. The quantitative estimate of drug-likeness (QED) is 0.734. The smallest absolute Gasteiger partial charge is 0.303 e. The van der Waals surface area contributed by atoms with Crippen molar-refractivity contribution in [3.05, 3.63) is 0 Å². The van der Waals surface area contributed by atoms with Gasteiger partial charge in [0, 0.05) is 12.8 Å². The second-order valence-electron chi connectivity index (χ2n) is 4.01. The van der Waals surface area contributed by atoms with Gasteiger partial charge in [0.2, 0.25) is 0 Å². The van der Waals surface area contributed by atoms with Crippen LogP contribution in [-0.4, -0.2) is 30.6 Å². The van der Waals surface area contributed by atoms with Gasteiger partial charge in [-0.15, -0.1) is 0 Å². The molecule has 1 aliphatic heterocycles. The van der Waals surface area contributed by atoms with Crippen molar-refractivity contribution in [1.29, 1.82) is 0 Å². The number of carboxylic acids is 1. The van der Waals surface area contributed by atoms with Gasteiger partial charge in [0.25, 0.3) is 0 Å². The summed E-state index contributed by atoms with van der Waals surface area (Å²) in [6, 6.07) is 0. The Morgan fingerprint density at radius 3 is 2.43 bits per heavy atom. The number of hydrogen-bond donors (Lipinski definition) is 1. The monoisotopic (exact) mass is 202 g/mol. The molecular formula is C10H18O4. The van der Waals surface area contributed by atoms with E-state index in [-0.39, 0.29) is 18.6 Å². The van der Waals surface area contributed by atoms with Crippen LogP contribution in [0.2, 0.25) is 0 Å². The van der Waals surface area contributed by atoms with Crippen molar-refractivity contribution in [2.24, 2.45) is 11.8 Å². The standard InChI is InChI=1S/C10H18O4/c1-7(2)8(5-9(11)12)6-10-13-3-4-14-10/h7-8,10H,3-6H2,1-2H3,(H,11,12). The second kappa shape index (κ2) is 5.32. The minimum atomic E-state index is -0.748. The summed E-state index contributed by atoms with van der Waals surface area (Å²) in [5.74, 6) is -0.267. The summed E-state index contributed by atoms with van der Waals surface area (Å²) in [4.78, 5) is 10.6. The molecule has 1 unspecified atom stereocenters. The molecule has 0 saturated carbocycles. The highest BCUT2D eigenvalue weighted by atomic mass is 16.7. The third kappa shape index (κ3) is 3.64. The maximum absolute atomic E-state index is 10.6. The van der Waals surface area contributed by atoms with Crippen LogP contribution in [0, 0.1) is 11.8 Å². The Balaban J connectivity index is 2.37. The summed E-state index contributed by atoms with van der Waals surface area (Å²) in [7, 11) is 0. The van der Waals surface area contributed by atoms with E-state index in [1.54, 1.807) is 0 Å². The lowest BCUT2D eigenvalue weighted by molar-refractivity contribution is -0.139. The first-order valence-corrected chi connectivity index (χ1v) is 5.04. The van der Waals surface area contributed by atoms with E-state index in [2.05, 4.69) is 0 Å². The van der Waals surface area contributed by atoms with E-state index in [4.69, 9.17) is 14.6 Å². The van der Waals surface area contributed by atoms with Gasteiger partial charge in [-0.3, -0.25) is 4.79 Å². The molecule has 1 atom stereocenters. The fourth-order valence-electron chi connectivity index (χ4n) is 1.61. The average molecular weight is 202 g/mol. The molecule has 14 heavy (non-hydrogen) atoms. The minimum absolute atomic E-state index is 0.135. The van der Waals surface area contributed by atoms with Gasteiger partial charge in [-0.1, -0.05) is 13.8 Å². The molecule has 0 bridgehead atoms. The maximum Gasteiger partial charge on any atom is 0.303 e. The summed E-state index contributed by atoms with van der Waals surface area (Å²) in [6.45, 7) is 5.32. The molecule has 1 saturated heterocycles. The summed E-state index contributed by atoms with van der Waals surface area (Å²) in [5, 5.41) is 8.73. The van der Waals surface area contributed by atoms with E-state index >= 15 is 0 Å². The SMILES string of the molecule is CC(C)C(CC(=O)O)CC1OCCO1. The normalized spacial score (nSPS) is 20.2. The van der Waals surface area contributed by atoms with Crippen LogP contribution in [0.1, 0.15) is 26.7 Å². The van der Waals surface area contributed by atoms with Crippen molar-refractivity contribution in [3.8, 4) is 0 Å². The Kier molecular flexibility index (Phi) is 4.35. The average Bonchev–Trinajstić information content (AvgIpc) is 2.54. The molecular weight excluding hydrogens is 184 g/mol. The Bertz CT molecular complexity index is 185. The van der Waals surface area contributed by atoms with Crippen LogP contribution >= 0.6 is 0 Å². The van der Waals surface area contributed by atoms with Crippen molar-refractivity contribution in [3.63, 3.8) is 0 Å². The lowest BCUT2D eigenvalue weighted by atomic mass is 9.89. The number of hydrogen-bond acceptors (Lipinski definition) is 3. The van der Waals surface area contributed by atoms with Gasteiger partial charge < -0.3 is 14.6 Å². The predicted octanol–water partition coefficient (Wildman–Crippen LogP) is 1.50. The molecule has 0 amide bonds. The van der Waals surface area contributed by atoms with E-state index in [0.717, 1.165) is 0 Å². The summed E-state index contributed by atoms with van der Waals surface area (Å²) < 4.78 is 10.6. The number of ether oxygens (including phenoxy) is 2. The predicted molar refractivity (Wildman–Crippen MR) is 50.9 cm³/mol. The van der Waals surface area contributed by atoms with Gasteiger partial charge >= 0.3 is 5.97 Å². The summed E-state index contributed by atoms with van der Waals surface area (Å²) in [6.07, 6.45) is 0.687. The highest BCUT2D eigenvalue weighted by molar-refractivity contribution is 5.67. The van der Waals surface area contributed by atoms with Crippen LogP contribution in [0.4, 0.5) is 0 Å². The molecule has 0 aromatic carbocycles. The Labute approximate surface area is 84.2 Å². The Hall–Kier alpha value is -0.610. The number of carboxylic acid groups (broad SMARTS) is 1. The largest absolute Gasteiger partial charge is 0.481 e. The van der Waals surface area contributed by atoms with E-state index in [1.165, 1.54) is 0 Å². The van der Waals surface area contributed by atoms with Gasteiger partial charge in [-0.25, -0.2) is 0 Å². The molecule has 0 aromatic heterocycles. The fraction of sp³-hybridized carbons (Fsp3) is 0.900. The molecule has 1 heterocycles. The van der Waals surface area contributed by atoms with Crippen LogP contribution < -0.4 is 0 Å². The van der Waals surface area contributed by atoms with E-state index in [0.29, 0.717) is 25.6 Å². The molecule has 4 heteroatoms. The van der Waals surface area contributed by atoms with Crippen LogP contribution in [0.5, 0.6) is 0 Å². The van der Waals surface area contributed by atoms with Crippen molar-refractivity contribution < 1.29 is 19.4 Å². The topological polar surface area (TPSA) is 55.8 Å². The number of aliphatic carboxylic acids is 1. The first-order chi connectivity index (χ1) is 6.59. The van der Waals surface area contributed by atoms with Gasteiger partial charge in [0.05, 0.1) is 13.2 Å². The molecule has 0 radical (unpaired) electrons. The van der Waals surface area contributed by atoms with Crippen LogP contribution in [0.15, 0.2) is 0 Å². The zero-order valence-electron chi connectivity index (χ0n) is 8.73. The van der Waals surface area contributed by atoms with E-state index in [1.807, 2.05) is 13.8 Å². The minimum Gasteiger partial charge on any atom is -0.481 e. The fourth-order valence-corrected chi connectivity index (χ4v) is 1.61. The van der Waals surface area contributed by atoms with Crippen LogP contribution in [0.25, 0.3) is 0 Å². The van der Waals surface area contributed by atoms with Crippen LogP contribution in [0.3, 0.4) is 0 Å². The van der Waals surface area contributed by atoms with Crippen molar-refractivity contribution in [2.45, 2.75) is 33.0 Å². The summed E-state index contributed by atoms with van der Waals surface area (Å²) in [5.41, 5.74) is 0. The Morgan fingerprint density at radius 2 is 2.00 bits per heavy atom. The van der Waals surface area contributed by atoms with Crippen molar-refractivity contribution >= 4 is 5.97 Å². The van der Waals surface area contributed by atoms with E-state index < -0.39 is 5.97 Å². The molecule has 0 aromatic rings. The molecule has 4 nitrogen and oxygen atoms in total. The molecule has 0 aliphatic carbocycles. The molecule has 0 spiro atoms. The van der Waals surface area contributed by atoms with Crippen molar-refractivity contribution in [2.75, 3.05) is 13.2 Å². The molecule has 1 N–H and O–H groups in total. The third-order valence-corrected chi connectivity index (χ3v) is 2.57. The number of rotatable bonds is 5. The Morgan fingerprint density at radius 1 is 1.43 bits per heavy atom. The van der Waals surface area contributed by atoms with Crippen molar-refractivity contribution in [1.82, 2.24) is 0 Å². The molecule has 1 rings (SSSR count). The summed E-state index contributed by atoms with van der Waals surface area (Å²) >= 11 is 0. The maximum atomic E-state index is 10.6. The lowest BCUT2D eigenvalue weighted by Gasteiger charge is -2.21. The van der Waals surface area contributed by atoms with Crippen LogP contribution in [-0.2, 0) is 14.3 Å². The highest BCUT2D eigenvalue weighted by Gasteiger charge is 2.25. The zero-order valence-corrected chi connectivity index (χ0v) is 8.73. The van der Waals surface area contributed by atoms with Gasteiger partial charge in [0.1, 0.15) is 0 Å². The van der Waals surface area contributed by atoms with E-state index in [9.17, 15) is 4.79 Å². The third-order valence-electron chi connectivity index (χ3n) is 2.57. The first kappa shape index (κ1) is 11.5. The van der Waals surface area contributed by atoms with Gasteiger partial charge in [-0.2, -0.15) is 0 Å². The first-order valence-electron chi connectivity index (χ1n) is 5.04. The lowest BCUT2D eigenvalue weighted by Crippen LogP contribution is -2.21. The van der Waals surface area contributed by atoms with Gasteiger partial charge in [-0.05, 0) is 11.8 Å². The number of carbonyl (C=O) groups is 1. The molecule has 1 aliphatic rings. The molecule has 82 valence electrons. The van der Waals surface area contributed by atoms with Gasteiger partial charge in [0.15, 0.2) is 6.29 Å². The zero-order chi connectivity index (χ0) is 10.6.